The smallest absolute Gasteiger partial charge is 0.363 e. The average molecular weight is 427 g/mol. The normalized spacial score (nSPS) is 14.2. The van der Waals surface area contributed by atoms with E-state index in [9.17, 15) is 9.59 Å². The van der Waals surface area contributed by atoms with E-state index >= 15 is 0 Å². The predicted molar refractivity (Wildman–Crippen MR) is 121 cm³/mol. The van der Waals surface area contributed by atoms with Gasteiger partial charge in [-0.15, -0.1) is 0 Å². The molecule has 0 bridgehead atoms. The summed E-state index contributed by atoms with van der Waals surface area (Å²) in [6, 6.07) is 19.7. The monoisotopic (exact) mass is 427 g/mol. The van der Waals surface area contributed by atoms with Crippen molar-refractivity contribution in [3.63, 3.8) is 0 Å². The van der Waals surface area contributed by atoms with E-state index in [2.05, 4.69) is 4.99 Å². The van der Waals surface area contributed by atoms with E-state index in [1.165, 1.54) is 7.11 Å². The molecule has 0 amide bonds. The van der Waals surface area contributed by atoms with Crippen LogP contribution in [0, 0.1) is 13.8 Å². The summed E-state index contributed by atoms with van der Waals surface area (Å²) in [6.07, 6.45) is 1.60. The van der Waals surface area contributed by atoms with Crippen LogP contribution in [0.4, 0.5) is 0 Å². The Morgan fingerprint density at radius 3 is 2.41 bits per heavy atom. The molecule has 0 N–H and O–H groups in total. The quantitative estimate of drug-likeness (QED) is 0.330. The van der Waals surface area contributed by atoms with Crippen LogP contribution in [0.3, 0.4) is 0 Å². The van der Waals surface area contributed by atoms with Gasteiger partial charge in [-0.05, 0) is 61.9 Å². The third-order valence-corrected chi connectivity index (χ3v) is 4.83. The van der Waals surface area contributed by atoms with E-state index < -0.39 is 11.9 Å². The highest BCUT2D eigenvalue weighted by Crippen LogP contribution is 2.30. The lowest BCUT2D eigenvalue weighted by Crippen LogP contribution is -2.09. The van der Waals surface area contributed by atoms with Gasteiger partial charge in [0.25, 0.3) is 0 Å². The predicted octanol–water partition coefficient (Wildman–Crippen LogP) is 4.88. The van der Waals surface area contributed by atoms with E-state index in [0.717, 1.165) is 16.7 Å². The lowest BCUT2D eigenvalue weighted by atomic mass is 10.1. The van der Waals surface area contributed by atoms with E-state index in [4.69, 9.17) is 14.2 Å². The first-order chi connectivity index (χ1) is 15.4. The molecule has 32 heavy (non-hydrogen) atoms. The zero-order chi connectivity index (χ0) is 22.7. The van der Waals surface area contributed by atoms with Crippen molar-refractivity contribution in [3.05, 3.63) is 100 Å². The molecule has 0 aromatic heterocycles. The topological polar surface area (TPSA) is 74.2 Å². The van der Waals surface area contributed by atoms with Crippen LogP contribution in [0.1, 0.15) is 32.6 Å². The Labute approximate surface area is 185 Å². The Balaban J connectivity index is 1.58. The van der Waals surface area contributed by atoms with Crippen LogP contribution in [-0.2, 0) is 9.53 Å². The molecule has 6 heteroatoms. The van der Waals surface area contributed by atoms with Crippen molar-refractivity contribution in [1.82, 2.24) is 0 Å². The molecule has 6 nitrogen and oxygen atoms in total. The Bertz CT molecular complexity index is 1270. The van der Waals surface area contributed by atoms with Crippen LogP contribution >= 0.6 is 0 Å². The van der Waals surface area contributed by atoms with Crippen molar-refractivity contribution in [2.45, 2.75) is 13.8 Å². The Hall–Kier alpha value is -4.19. The highest BCUT2D eigenvalue weighted by molar-refractivity contribution is 6.12. The summed E-state index contributed by atoms with van der Waals surface area (Å²) in [5, 5.41) is 0. The Kier molecular flexibility index (Phi) is 5.85. The molecular formula is C26H21NO5. The van der Waals surface area contributed by atoms with Crippen molar-refractivity contribution in [2.24, 2.45) is 4.99 Å². The Morgan fingerprint density at radius 2 is 1.69 bits per heavy atom. The largest absolute Gasteiger partial charge is 0.493 e. The van der Waals surface area contributed by atoms with E-state index in [1.54, 1.807) is 42.5 Å². The third-order valence-electron chi connectivity index (χ3n) is 4.83. The van der Waals surface area contributed by atoms with Gasteiger partial charge in [0.1, 0.15) is 0 Å². The number of aryl methyl sites for hydroxylation is 2. The lowest BCUT2D eigenvalue weighted by molar-refractivity contribution is -0.129. The zero-order valence-electron chi connectivity index (χ0n) is 17.9. The van der Waals surface area contributed by atoms with Crippen LogP contribution in [-0.4, -0.2) is 24.9 Å². The summed E-state index contributed by atoms with van der Waals surface area (Å²) in [4.78, 5) is 29.1. The number of ether oxygens (including phenoxy) is 3. The van der Waals surface area contributed by atoms with Crippen LogP contribution in [0.15, 0.2) is 77.4 Å². The van der Waals surface area contributed by atoms with Gasteiger partial charge in [0, 0.05) is 5.56 Å². The molecule has 0 aliphatic carbocycles. The second-order valence-corrected chi connectivity index (χ2v) is 7.37. The number of esters is 2. The van der Waals surface area contributed by atoms with Crippen molar-refractivity contribution in [1.29, 1.82) is 0 Å². The minimum Gasteiger partial charge on any atom is -0.493 e. The minimum atomic E-state index is -0.532. The van der Waals surface area contributed by atoms with Crippen molar-refractivity contribution < 1.29 is 23.8 Å². The fraction of sp³-hybridized carbons (Fsp3) is 0.115. The number of carbonyl (C=O) groups is 2. The maximum absolute atomic E-state index is 12.5. The third kappa shape index (κ3) is 4.59. The highest BCUT2D eigenvalue weighted by atomic mass is 16.6. The molecule has 1 aliphatic heterocycles. The van der Waals surface area contributed by atoms with Crippen molar-refractivity contribution >= 4 is 23.9 Å². The standard InChI is InChI=1S/C26H21NO5/c1-16-6-4-8-19(12-16)24-27-21(26(29)32-24)14-18-10-11-22(23(15-18)30-3)31-25(28)20-9-5-7-17(2)13-20/h4-15H,1-3H3/b21-14-. The maximum Gasteiger partial charge on any atom is 0.363 e. The van der Waals surface area contributed by atoms with Crippen molar-refractivity contribution in [3.8, 4) is 11.5 Å². The van der Waals surface area contributed by atoms with Gasteiger partial charge in [-0.3, -0.25) is 0 Å². The van der Waals surface area contributed by atoms with Gasteiger partial charge >= 0.3 is 11.9 Å². The number of cyclic esters (lactones) is 1. The molecule has 1 aliphatic rings. The first-order valence-electron chi connectivity index (χ1n) is 9.99. The average Bonchev–Trinajstić information content (AvgIpc) is 3.15. The number of rotatable bonds is 5. The highest BCUT2D eigenvalue weighted by Gasteiger charge is 2.24. The summed E-state index contributed by atoms with van der Waals surface area (Å²) < 4.78 is 16.2. The van der Waals surface area contributed by atoms with Crippen LogP contribution in [0.5, 0.6) is 11.5 Å². The number of carbonyl (C=O) groups excluding carboxylic acids is 2. The molecule has 1 heterocycles. The molecule has 4 rings (SSSR count). The summed E-state index contributed by atoms with van der Waals surface area (Å²) in [5.74, 6) is -0.116. The summed E-state index contributed by atoms with van der Waals surface area (Å²) in [5.41, 5.74) is 4.01. The molecule has 3 aromatic carbocycles. The van der Waals surface area contributed by atoms with Gasteiger partial charge in [0.05, 0.1) is 12.7 Å². The fourth-order valence-electron chi connectivity index (χ4n) is 3.26. The molecule has 0 unspecified atom stereocenters. The zero-order valence-corrected chi connectivity index (χ0v) is 17.9. The minimum absolute atomic E-state index is 0.174. The molecule has 160 valence electrons. The molecule has 0 fully saturated rings. The molecule has 0 spiro atoms. The second-order valence-electron chi connectivity index (χ2n) is 7.37. The maximum atomic E-state index is 12.5. The van der Waals surface area contributed by atoms with Crippen LogP contribution in [0.25, 0.3) is 6.08 Å². The molecule has 0 atom stereocenters. The number of hydrogen-bond acceptors (Lipinski definition) is 6. The van der Waals surface area contributed by atoms with Gasteiger partial charge in [-0.25, -0.2) is 14.6 Å². The summed E-state index contributed by atoms with van der Waals surface area (Å²) in [7, 11) is 1.48. The molecule has 0 saturated carbocycles. The number of hydrogen-bond donors (Lipinski definition) is 0. The summed E-state index contributed by atoms with van der Waals surface area (Å²) >= 11 is 0. The van der Waals surface area contributed by atoms with E-state index in [0.29, 0.717) is 16.9 Å². The first kappa shape index (κ1) is 21.1. The van der Waals surface area contributed by atoms with Gasteiger partial charge in [-0.1, -0.05) is 41.5 Å². The molecule has 0 saturated heterocycles. The van der Waals surface area contributed by atoms with Gasteiger partial charge in [-0.2, -0.15) is 0 Å². The van der Waals surface area contributed by atoms with E-state index in [1.807, 2.05) is 44.2 Å². The first-order valence-corrected chi connectivity index (χ1v) is 9.99. The fourth-order valence-corrected chi connectivity index (χ4v) is 3.26. The van der Waals surface area contributed by atoms with Gasteiger partial charge in [0.2, 0.25) is 5.90 Å². The SMILES string of the molecule is COc1cc(/C=C2\N=C(c3cccc(C)c3)OC2=O)ccc1OC(=O)c1cccc(C)c1. The molecule has 0 radical (unpaired) electrons. The number of benzene rings is 3. The lowest BCUT2D eigenvalue weighted by Gasteiger charge is -2.10. The van der Waals surface area contributed by atoms with Gasteiger partial charge < -0.3 is 14.2 Å². The Morgan fingerprint density at radius 1 is 0.938 bits per heavy atom. The van der Waals surface area contributed by atoms with E-state index in [-0.39, 0.29) is 17.3 Å². The second kappa shape index (κ2) is 8.89. The molecule has 3 aromatic rings. The number of methoxy groups -OCH3 is 1. The number of aliphatic imine (C=N–C) groups is 1. The number of nitrogens with zero attached hydrogens (tertiary/aromatic N) is 1. The molecular weight excluding hydrogens is 406 g/mol. The van der Waals surface area contributed by atoms with Crippen LogP contribution in [0.2, 0.25) is 0 Å². The van der Waals surface area contributed by atoms with Crippen molar-refractivity contribution in [2.75, 3.05) is 7.11 Å². The summed E-state index contributed by atoms with van der Waals surface area (Å²) in [6.45, 7) is 3.86. The van der Waals surface area contributed by atoms with Gasteiger partial charge in [0.15, 0.2) is 17.2 Å². The van der Waals surface area contributed by atoms with Crippen LogP contribution < -0.4 is 9.47 Å².